The summed E-state index contributed by atoms with van der Waals surface area (Å²) < 4.78 is 40.3. The summed E-state index contributed by atoms with van der Waals surface area (Å²) >= 11 is 1.41. The van der Waals surface area contributed by atoms with Crippen LogP contribution in [0.2, 0.25) is 0 Å². The molecule has 0 fully saturated rings. The Morgan fingerprint density at radius 3 is 2.80 bits per heavy atom. The molecule has 0 bridgehead atoms. The maximum absolute atomic E-state index is 10.6. The zero-order valence-electron chi connectivity index (χ0n) is 7.04. The molecule has 0 aliphatic carbocycles. The Morgan fingerprint density at radius 2 is 2.13 bits per heavy atom. The van der Waals surface area contributed by atoms with Crippen molar-refractivity contribution in [2.24, 2.45) is 0 Å². The van der Waals surface area contributed by atoms with Crippen molar-refractivity contribution in [2.75, 3.05) is 12.4 Å². The third kappa shape index (κ3) is 3.97. The summed E-state index contributed by atoms with van der Waals surface area (Å²) in [6.07, 6.45) is -0.632. The molecule has 1 aromatic rings. The van der Waals surface area contributed by atoms with E-state index >= 15 is 0 Å². The second-order valence-electron chi connectivity index (χ2n) is 2.90. The van der Waals surface area contributed by atoms with Gasteiger partial charge >= 0.3 is 51.4 Å². The molecule has 0 spiro atoms. The molecule has 15 heavy (non-hydrogen) atoms. The number of fused-ring (bicyclic) bond motifs is 1. The Balaban J connectivity index is 0.00000112. The number of ether oxygens (including phenoxy) is 2. The first kappa shape index (κ1) is 13.9. The van der Waals surface area contributed by atoms with Crippen molar-refractivity contribution in [3.63, 3.8) is 0 Å². The van der Waals surface area contributed by atoms with E-state index in [1.807, 2.05) is 0 Å². The van der Waals surface area contributed by atoms with Gasteiger partial charge in [0.2, 0.25) is 0 Å². The fraction of sp³-hybridized carbons (Fsp3) is 0.429. The molecule has 0 amide bonds. The summed E-state index contributed by atoms with van der Waals surface area (Å²) in [5.41, 5.74) is 0. The average Bonchev–Trinajstić information content (AvgIpc) is 2.47. The van der Waals surface area contributed by atoms with Gasteiger partial charge in [-0.15, -0.1) is 11.3 Å². The summed E-state index contributed by atoms with van der Waals surface area (Å²) in [6, 6.07) is 0. The van der Waals surface area contributed by atoms with Crippen molar-refractivity contribution < 1.29 is 22.4 Å². The van der Waals surface area contributed by atoms with Gasteiger partial charge in [-0.25, -0.2) is 0 Å². The average molecular weight is 276 g/mol. The van der Waals surface area contributed by atoms with E-state index in [0.29, 0.717) is 11.5 Å². The van der Waals surface area contributed by atoms with Gasteiger partial charge in [0.05, 0.1) is 0 Å². The van der Waals surface area contributed by atoms with Crippen molar-refractivity contribution in [2.45, 2.75) is 6.10 Å². The predicted molar refractivity (Wildman–Crippen MR) is 57.8 cm³/mol. The molecule has 8 heteroatoms. The van der Waals surface area contributed by atoms with Gasteiger partial charge in [-0.3, -0.25) is 4.55 Å². The summed E-state index contributed by atoms with van der Waals surface area (Å²) in [6.45, 7) is 0.142. The minimum absolute atomic E-state index is 0. The van der Waals surface area contributed by atoms with Crippen LogP contribution in [-0.2, 0) is 10.1 Å². The van der Waals surface area contributed by atoms with Gasteiger partial charge in [-0.1, -0.05) is 0 Å². The van der Waals surface area contributed by atoms with Gasteiger partial charge < -0.3 is 9.47 Å². The normalized spacial score (nSPS) is 19.4. The minimum atomic E-state index is -4.01. The van der Waals surface area contributed by atoms with Crippen molar-refractivity contribution in [3.05, 3.63) is 10.8 Å². The van der Waals surface area contributed by atoms with Crippen molar-refractivity contribution in [1.29, 1.82) is 0 Å². The summed E-state index contributed by atoms with van der Waals surface area (Å²) in [4.78, 5) is 0. The topological polar surface area (TPSA) is 72.8 Å². The molecule has 1 aliphatic rings. The van der Waals surface area contributed by atoms with Crippen LogP contribution in [-0.4, -0.2) is 82.8 Å². The Kier molecular flexibility index (Phi) is 5.06. The Labute approximate surface area is 134 Å². The van der Waals surface area contributed by atoms with Crippen LogP contribution in [0, 0.1) is 0 Å². The van der Waals surface area contributed by atoms with E-state index in [1.54, 1.807) is 10.8 Å². The third-order valence-electron chi connectivity index (χ3n) is 1.71. The van der Waals surface area contributed by atoms with Gasteiger partial charge in [0.15, 0.2) is 11.5 Å². The first-order chi connectivity index (χ1) is 6.54. The number of hydrogen-bond donors (Lipinski definition) is 1. The molecule has 80 valence electrons. The van der Waals surface area contributed by atoms with E-state index in [1.165, 1.54) is 11.3 Å². The van der Waals surface area contributed by atoms with Crippen LogP contribution in [0.3, 0.4) is 0 Å². The van der Waals surface area contributed by atoms with E-state index in [4.69, 9.17) is 14.0 Å². The number of hydrogen-bond acceptors (Lipinski definition) is 5. The quantitative estimate of drug-likeness (QED) is 0.614. The molecule has 5 nitrogen and oxygen atoms in total. The fourth-order valence-corrected chi connectivity index (χ4v) is 2.48. The first-order valence-corrected chi connectivity index (χ1v) is 6.40. The Bertz CT molecular complexity index is 426. The molecule has 1 unspecified atom stereocenters. The number of rotatable bonds is 2. The van der Waals surface area contributed by atoms with Crippen LogP contribution >= 0.6 is 11.3 Å². The van der Waals surface area contributed by atoms with Crippen LogP contribution in [0.4, 0.5) is 0 Å². The number of thiophene rings is 1. The molecule has 0 radical (unpaired) electrons. The van der Waals surface area contributed by atoms with Gasteiger partial charge in [0, 0.05) is 10.8 Å². The second kappa shape index (κ2) is 5.45. The molecule has 1 aromatic heterocycles. The first-order valence-electron chi connectivity index (χ1n) is 3.85. The van der Waals surface area contributed by atoms with E-state index in [9.17, 15) is 8.42 Å². The summed E-state index contributed by atoms with van der Waals surface area (Å²) in [5.74, 6) is 0.721. The SMILES string of the molecule is O=S(=O)(O)CC1COc2cscc2O1.[KH]. The van der Waals surface area contributed by atoms with Crippen molar-refractivity contribution in [1.82, 2.24) is 0 Å². The van der Waals surface area contributed by atoms with Crippen molar-refractivity contribution in [3.8, 4) is 11.5 Å². The van der Waals surface area contributed by atoms with Crippen LogP contribution in [0.5, 0.6) is 11.5 Å². The molecule has 0 aromatic carbocycles. The van der Waals surface area contributed by atoms with E-state index < -0.39 is 22.0 Å². The van der Waals surface area contributed by atoms with E-state index in [2.05, 4.69) is 0 Å². The van der Waals surface area contributed by atoms with Crippen LogP contribution in [0.25, 0.3) is 0 Å². The monoisotopic (exact) mass is 276 g/mol. The van der Waals surface area contributed by atoms with Crippen LogP contribution < -0.4 is 9.47 Å². The molecule has 1 N–H and O–H groups in total. The third-order valence-corrected chi connectivity index (χ3v) is 3.20. The molecule has 0 saturated carbocycles. The molecular weight excluding hydrogens is 267 g/mol. The molecule has 0 saturated heterocycles. The molecule has 1 aliphatic heterocycles. The van der Waals surface area contributed by atoms with Gasteiger partial charge in [-0.2, -0.15) is 8.42 Å². The Morgan fingerprint density at radius 1 is 1.47 bits per heavy atom. The van der Waals surface area contributed by atoms with E-state index in [-0.39, 0.29) is 58.0 Å². The van der Waals surface area contributed by atoms with Crippen LogP contribution in [0.15, 0.2) is 10.8 Å². The molecule has 2 heterocycles. The van der Waals surface area contributed by atoms with Gasteiger partial charge in [-0.05, 0) is 0 Å². The summed E-state index contributed by atoms with van der Waals surface area (Å²) in [7, 11) is -4.01. The van der Waals surface area contributed by atoms with Gasteiger partial charge in [0.25, 0.3) is 10.1 Å². The zero-order valence-corrected chi connectivity index (χ0v) is 8.68. The van der Waals surface area contributed by atoms with Crippen molar-refractivity contribution >= 4 is 72.8 Å². The maximum atomic E-state index is 10.6. The predicted octanol–water partition coefficient (Wildman–Crippen LogP) is 0.127. The van der Waals surface area contributed by atoms with Crippen LogP contribution in [0.1, 0.15) is 0 Å². The van der Waals surface area contributed by atoms with E-state index in [0.717, 1.165) is 0 Å². The standard InChI is InChI=1S/C7H8O5S2.K.H/c8-14(9,10)4-5-1-11-6-2-13-3-7(6)12-5;;/h2-3,5H,1,4H2,(H,8,9,10);;. The fourth-order valence-electron chi connectivity index (χ4n) is 1.18. The zero-order chi connectivity index (χ0) is 10.2. The Hall–Kier alpha value is 0.846. The molecule has 1 atom stereocenters. The second-order valence-corrected chi connectivity index (χ2v) is 5.14. The summed E-state index contributed by atoms with van der Waals surface area (Å²) in [5, 5.41) is 3.50. The molecular formula is C7H9KO5S2. The molecule has 2 rings (SSSR count). The van der Waals surface area contributed by atoms with Gasteiger partial charge in [0.1, 0.15) is 18.5 Å².